The van der Waals surface area contributed by atoms with E-state index in [0.29, 0.717) is 12.1 Å². The molecule has 9 heteroatoms. The molecule has 9 nitrogen and oxygen atoms in total. The number of rotatable bonds is 23. The molecule has 0 bridgehead atoms. The highest BCUT2D eigenvalue weighted by atomic mass is 16.4. The average Bonchev–Trinajstić information content (AvgIpc) is 3.02. The Hall–Kier alpha value is -3.72. The number of anilines is 2. The minimum Gasteiger partial charge on any atom is -0.478 e. The smallest absolute Gasteiger partial charge is 0.335 e. The number of nitrogens with one attached hydrogen (secondary N) is 3. The number of aliphatic hydroxyl groups is 1. The fraction of sp³-hybridized carbons (Fsp3) is 0.543. The van der Waals surface area contributed by atoms with Crippen LogP contribution in [0.15, 0.2) is 48.5 Å². The van der Waals surface area contributed by atoms with Gasteiger partial charge in [-0.1, -0.05) is 103 Å². The molecule has 0 radical (unpaired) electrons. The first-order valence-corrected chi connectivity index (χ1v) is 16.3. The van der Waals surface area contributed by atoms with E-state index in [2.05, 4.69) is 22.9 Å². The van der Waals surface area contributed by atoms with Gasteiger partial charge in [-0.3, -0.25) is 14.4 Å². The number of hydrogen-bond donors (Lipinski definition) is 5. The van der Waals surface area contributed by atoms with Crippen LogP contribution in [0.25, 0.3) is 0 Å². The van der Waals surface area contributed by atoms with E-state index >= 15 is 0 Å². The summed E-state index contributed by atoms with van der Waals surface area (Å²) in [5.41, 5.74) is 1.05. The lowest BCUT2D eigenvalue weighted by Crippen LogP contribution is -2.46. The molecule has 0 fully saturated rings. The van der Waals surface area contributed by atoms with E-state index in [1.54, 1.807) is 12.1 Å². The van der Waals surface area contributed by atoms with Gasteiger partial charge in [0, 0.05) is 23.4 Å². The molecule has 242 valence electrons. The Morgan fingerprint density at radius 1 is 0.659 bits per heavy atom. The summed E-state index contributed by atoms with van der Waals surface area (Å²) in [4.78, 5) is 48.7. The minimum absolute atomic E-state index is 0.00521. The van der Waals surface area contributed by atoms with Crippen LogP contribution in [0.4, 0.5) is 11.4 Å². The molecule has 0 aliphatic carbocycles. The van der Waals surface area contributed by atoms with Crippen LogP contribution in [-0.4, -0.2) is 46.6 Å². The molecule has 0 aliphatic rings. The van der Waals surface area contributed by atoms with E-state index in [1.807, 2.05) is 0 Å². The van der Waals surface area contributed by atoms with Crippen LogP contribution < -0.4 is 16.0 Å². The van der Waals surface area contributed by atoms with Crippen LogP contribution in [-0.2, 0) is 9.59 Å². The molecular formula is C35H51N3O6. The van der Waals surface area contributed by atoms with Gasteiger partial charge in [-0.05, 0) is 48.9 Å². The van der Waals surface area contributed by atoms with Gasteiger partial charge in [-0.2, -0.15) is 0 Å². The molecule has 0 saturated carbocycles. The van der Waals surface area contributed by atoms with E-state index in [4.69, 9.17) is 5.11 Å². The first-order chi connectivity index (χ1) is 21.3. The van der Waals surface area contributed by atoms with Crippen LogP contribution in [0.5, 0.6) is 0 Å². The number of benzene rings is 2. The zero-order valence-electron chi connectivity index (χ0n) is 26.2. The molecule has 0 saturated heterocycles. The summed E-state index contributed by atoms with van der Waals surface area (Å²) in [7, 11) is 0. The number of amides is 3. The molecule has 2 aromatic rings. The molecule has 1 atom stereocenters. The molecule has 2 aromatic carbocycles. The number of aliphatic hydroxyl groups excluding tert-OH is 1. The predicted octanol–water partition coefficient (Wildman–Crippen LogP) is 7.31. The van der Waals surface area contributed by atoms with Crippen LogP contribution in [0, 0.1) is 0 Å². The molecule has 0 heterocycles. The maximum atomic E-state index is 12.6. The Kier molecular flexibility index (Phi) is 18.1. The van der Waals surface area contributed by atoms with Crippen LogP contribution in [0.3, 0.4) is 0 Å². The zero-order valence-corrected chi connectivity index (χ0v) is 26.2. The second-order valence-electron chi connectivity index (χ2n) is 11.4. The van der Waals surface area contributed by atoms with Gasteiger partial charge < -0.3 is 26.2 Å². The van der Waals surface area contributed by atoms with Gasteiger partial charge in [-0.15, -0.1) is 0 Å². The summed E-state index contributed by atoms with van der Waals surface area (Å²) in [6.07, 6.45) is 19.6. The number of carbonyl (C=O) groups excluding carboxylic acids is 3. The van der Waals surface area contributed by atoms with Gasteiger partial charge in [0.05, 0.1) is 12.2 Å². The standard InChI is InChI=1S/C35H51N3O6/c1-2-3-4-5-6-7-8-9-10-11-12-13-14-15-16-20-32(40)36-29-23-21-27(22-24-29)33(41)38-31(26-39)34(42)37-30-19-17-18-28(25-30)35(43)44/h17-19,21-25,31,39H,2-16,20,26H2,1H3,(H,36,40)(H,37,42)(H,38,41)(H,43,44)/t31-/m0/s1. The lowest BCUT2D eigenvalue weighted by Gasteiger charge is -2.16. The second-order valence-corrected chi connectivity index (χ2v) is 11.4. The topological polar surface area (TPSA) is 145 Å². The fourth-order valence-corrected chi connectivity index (χ4v) is 4.98. The van der Waals surface area contributed by atoms with Gasteiger partial charge in [-0.25, -0.2) is 4.79 Å². The third-order valence-corrected chi connectivity index (χ3v) is 7.62. The summed E-state index contributed by atoms with van der Waals surface area (Å²) >= 11 is 0. The SMILES string of the molecule is CCCCCCCCCCCCCCCCCC(=O)Nc1ccc(C(=O)N[C@@H](CO)C(=O)Nc2cccc(C(=O)O)c2)cc1. The van der Waals surface area contributed by atoms with Crippen LogP contribution in [0.1, 0.15) is 130 Å². The second kappa shape index (κ2) is 21.9. The number of aromatic carboxylic acids is 1. The van der Waals surface area contributed by atoms with Gasteiger partial charge >= 0.3 is 5.97 Å². The van der Waals surface area contributed by atoms with E-state index < -0.39 is 30.4 Å². The maximum Gasteiger partial charge on any atom is 0.335 e. The first kappa shape index (κ1) is 36.5. The molecule has 3 amide bonds. The van der Waals surface area contributed by atoms with Crippen LogP contribution in [0.2, 0.25) is 0 Å². The van der Waals surface area contributed by atoms with Gasteiger partial charge in [0.1, 0.15) is 6.04 Å². The summed E-state index contributed by atoms with van der Waals surface area (Å²) in [6.45, 7) is 1.61. The molecule has 5 N–H and O–H groups in total. The maximum absolute atomic E-state index is 12.6. The number of carboxylic acid groups (broad SMARTS) is 1. The Bertz CT molecular complexity index is 1150. The Labute approximate surface area is 262 Å². The molecule has 0 unspecified atom stereocenters. The molecule has 0 spiro atoms. The molecular weight excluding hydrogens is 558 g/mol. The normalized spacial score (nSPS) is 11.5. The van der Waals surface area contributed by atoms with Gasteiger partial charge in [0.2, 0.25) is 11.8 Å². The summed E-state index contributed by atoms with van der Waals surface area (Å²) in [5.74, 6) is -2.47. The van der Waals surface area contributed by atoms with Gasteiger partial charge in [0.15, 0.2) is 0 Å². The fourth-order valence-electron chi connectivity index (χ4n) is 4.98. The van der Waals surface area contributed by atoms with Crippen molar-refractivity contribution in [1.82, 2.24) is 5.32 Å². The summed E-state index contributed by atoms with van der Waals surface area (Å²) in [5, 5.41) is 26.6. The van der Waals surface area contributed by atoms with Crippen molar-refractivity contribution in [2.24, 2.45) is 0 Å². The van der Waals surface area contributed by atoms with E-state index in [0.717, 1.165) is 19.3 Å². The number of hydrogen-bond acceptors (Lipinski definition) is 5. The van der Waals surface area contributed by atoms with Crippen molar-refractivity contribution < 1.29 is 29.4 Å². The largest absolute Gasteiger partial charge is 0.478 e. The third kappa shape index (κ3) is 15.1. The predicted molar refractivity (Wildman–Crippen MR) is 175 cm³/mol. The zero-order chi connectivity index (χ0) is 32.0. The quantitative estimate of drug-likeness (QED) is 0.0835. The number of unbranched alkanes of at least 4 members (excludes halogenated alkanes) is 14. The lowest BCUT2D eigenvalue weighted by molar-refractivity contribution is -0.119. The van der Waals surface area contributed by atoms with Gasteiger partial charge in [0.25, 0.3) is 5.91 Å². The molecule has 2 rings (SSSR count). The lowest BCUT2D eigenvalue weighted by atomic mass is 10.0. The average molecular weight is 610 g/mol. The molecule has 44 heavy (non-hydrogen) atoms. The molecule has 0 aliphatic heterocycles. The minimum atomic E-state index is -1.25. The van der Waals surface area contributed by atoms with Crippen LogP contribution >= 0.6 is 0 Å². The molecule has 0 aromatic heterocycles. The Morgan fingerprint density at radius 3 is 1.73 bits per heavy atom. The van der Waals surface area contributed by atoms with E-state index in [9.17, 15) is 24.3 Å². The highest BCUT2D eigenvalue weighted by molar-refractivity contribution is 6.02. The third-order valence-electron chi connectivity index (χ3n) is 7.62. The van der Waals surface area contributed by atoms with Crippen molar-refractivity contribution in [1.29, 1.82) is 0 Å². The summed E-state index contributed by atoms with van der Waals surface area (Å²) < 4.78 is 0. The Balaban J connectivity index is 1.59. The van der Waals surface area contributed by atoms with Crippen molar-refractivity contribution in [2.45, 2.75) is 116 Å². The number of carboxylic acids is 1. The summed E-state index contributed by atoms with van der Waals surface area (Å²) in [6, 6.07) is 10.7. The van der Waals surface area contributed by atoms with Crippen molar-refractivity contribution in [2.75, 3.05) is 17.2 Å². The van der Waals surface area contributed by atoms with Crippen molar-refractivity contribution in [3.63, 3.8) is 0 Å². The van der Waals surface area contributed by atoms with Crippen molar-refractivity contribution >= 4 is 35.1 Å². The highest BCUT2D eigenvalue weighted by Crippen LogP contribution is 2.15. The first-order valence-electron chi connectivity index (χ1n) is 16.3. The van der Waals surface area contributed by atoms with E-state index in [-0.39, 0.29) is 22.7 Å². The monoisotopic (exact) mass is 609 g/mol. The van der Waals surface area contributed by atoms with E-state index in [1.165, 1.54) is 113 Å². The van der Waals surface area contributed by atoms with Crippen molar-refractivity contribution in [3.05, 3.63) is 59.7 Å². The Morgan fingerprint density at radius 2 is 1.20 bits per heavy atom. The van der Waals surface area contributed by atoms with Crippen molar-refractivity contribution in [3.8, 4) is 0 Å². The number of carbonyl (C=O) groups is 4. The highest BCUT2D eigenvalue weighted by Gasteiger charge is 2.21.